The Bertz CT molecular complexity index is 1080. The van der Waals surface area contributed by atoms with E-state index in [1.807, 2.05) is 6.08 Å². The van der Waals surface area contributed by atoms with Crippen LogP contribution in [0.3, 0.4) is 0 Å². The lowest BCUT2D eigenvalue weighted by molar-refractivity contribution is -0.143. The van der Waals surface area contributed by atoms with Crippen molar-refractivity contribution in [3.8, 4) is 0 Å². The zero-order valence-corrected chi connectivity index (χ0v) is 42.5. The molecule has 0 fully saturated rings. The molecule has 374 valence electrons. The maximum Gasteiger partial charge on any atom is 0.305 e. The van der Waals surface area contributed by atoms with Gasteiger partial charge in [-0.2, -0.15) is 0 Å². The highest BCUT2D eigenvalue weighted by molar-refractivity contribution is 5.76. The second-order valence-electron chi connectivity index (χ2n) is 18.9. The van der Waals surface area contributed by atoms with Crippen molar-refractivity contribution in [1.29, 1.82) is 0 Å². The number of hydrogen-bond acceptors (Lipinski definition) is 5. The van der Waals surface area contributed by atoms with Crippen LogP contribution >= 0.6 is 0 Å². The number of unbranched alkanes of at least 4 members (excludes halogenated alkanes) is 34. The maximum atomic E-state index is 12.4. The van der Waals surface area contributed by atoms with Crippen LogP contribution in [0.4, 0.5) is 0 Å². The number of nitrogens with one attached hydrogen (secondary N) is 1. The lowest BCUT2D eigenvalue weighted by Gasteiger charge is -2.20. The number of allylic oxidation sites excluding steroid dienone is 7. The van der Waals surface area contributed by atoms with Crippen LogP contribution in [0.15, 0.2) is 48.6 Å². The zero-order valence-electron chi connectivity index (χ0n) is 42.5. The highest BCUT2D eigenvalue weighted by atomic mass is 16.5. The van der Waals surface area contributed by atoms with Crippen molar-refractivity contribution in [2.75, 3.05) is 13.2 Å². The first-order chi connectivity index (χ1) is 31.5. The molecule has 1 amide bonds. The first-order valence-corrected chi connectivity index (χ1v) is 27.9. The fourth-order valence-electron chi connectivity index (χ4n) is 8.25. The molecule has 0 saturated heterocycles. The highest BCUT2D eigenvalue weighted by Crippen LogP contribution is 2.15. The molecule has 0 aromatic rings. The molecule has 0 bridgehead atoms. The third kappa shape index (κ3) is 49.3. The van der Waals surface area contributed by atoms with Gasteiger partial charge in [-0.15, -0.1) is 0 Å². The summed E-state index contributed by atoms with van der Waals surface area (Å²) in [6, 6.07) is -0.630. The van der Waals surface area contributed by atoms with Gasteiger partial charge < -0.3 is 20.3 Å². The fraction of sp³-hybridized carbons (Fsp3) is 0.828. The largest absolute Gasteiger partial charge is 0.466 e. The van der Waals surface area contributed by atoms with Gasteiger partial charge in [0.25, 0.3) is 0 Å². The topological polar surface area (TPSA) is 95.9 Å². The average Bonchev–Trinajstić information content (AvgIpc) is 3.29. The molecule has 0 saturated carbocycles. The molecular weight excluding hydrogens is 791 g/mol. The standard InChI is InChI=1S/C58H107NO5/c1-3-5-7-9-11-13-15-28-32-36-40-44-48-52-58(63)64-53-49-45-41-37-33-30-27-25-23-21-19-17-16-18-20-22-24-26-29-31-35-39-43-47-51-57(62)59-55(54-60)56(61)50-46-42-38-34-14-12-10-8-6-4-2/h7,9,13,15,18,20,46,50,55-56,60-61H,3-6,8,10-12,14,16-17,19,21-45,47-49,51-54H2,1-2H3,(H,59,62)/b9-7-,15-13-,20-18-,50-46+. The second kappa shape index (κ2) is 53.4. The zero-order chi connectivity index (χ0) is 46.5. The number of amides is 1. The van der Waals surface area contributed by atoms with Crippen molar-refractivity contribution in [2.24, 2.45) is 0 Å². The molecule has 0 spiro atoms. The maximum absolute atomic E-state index is 12.4. The van der Waals surface area contributed by atoms with E-state index in [-0.39, 0.29) is 18.5 Å². The molecule has 0 aromatic carbocycles. The third-order valence-corrected chi connectivity index (χ3v) is 12.5. The molecule has 6 nitrogen and oxygen atoms in total. The van der Waals surface area contributed by atoms with Crippen LogP contribution < -0.4 is 5.32 Å². The van der Waals surface area contributed by atoms with Crippen LogP contribution in [0.25, 0.3) is 0 Å². The molecule has 0 aliphatic rings. The number of hydrogen-bond donors (Lipinski definition) is 3. The summed E-state index contributed by atoms with van der Waals surface area (Å²) in [5, 5.41) is 23.0. The summed E-state index contributed by atoms with van der Waals surface area (Å²) in [5.41, 5.74) is 0. The Morgan fingerprint density at radius 3 is 1.27 bits per heavy atom. The second-order valence-corrected chi connectivity index (χ2v) is 18.9. The van der Waals surface area contributed by atoms with Gasteiger partial charge in [0.05, 0.1) is 25.4 Å². The van der Waals surface area contributed by atoms with Crippen LogP contribution in [0.5, 0.6) is 0 Å². The summed E-state index contributed by atoms with van der Waals surface area (Å²) in [6.07, 6.45) is 67.1. The summed E-state index contributed by atoms with van der Waals surface area (Å²) >= 11 is 0. The normalized spacial score (nSPS) is 13.0. The fourth-order valence-corrected chi connectivity index (χ4v) is 8.25. The number of rotatable bonds is 51. The van der Waals surface area contributed by atoms with Gasteiger partial charge in [0.1, 0.15) is 0 Å². The van der Waals surface area contributed by atoms with Gasteiger partial charge in [-0.3, -0.25) is 9.59 Å². The van der Waals surface area contributed by atoms with Crippen LogP contribution in [-0.4, -0.2) is 47.4 Å². The average molecular weight is 898 g/mol. The Morgan fingerprint density at radius 1 is 0.438 bits per heavy atom. The van der Waals surface area contributed by atoms with Crippen molar-refractivity contribution in [3.63, 3.8) is 0 Å². The van der Waals surface area contributed by atoms with Gasteiger partial charge in [-0.05, 0) is 83.5 Å². The molecule has 0 aliphatic heterocycles. The Labute approximate surface area is 397 Å². The van der Waals surface area contributed by atoms with Gasteiger partial charge in [0, 0.05) is 12.8 Å². The van der Waals surface area contributed by atoms with Crippen LogP contribution in [0.2, 0.25) is 0 Å². The Hall–Kier alpha value is -2.18. The van der Waals surface area contributed by atoms with Gasteiger partial charge in [0.15, 0.2) is 0 Å². The van der Waals surface area contributed by atoms with Crippen LogP contribution in [0.1, 0.15) is 284 Å². The minimum atomic E-state index is -0.846. The molecule has 0 aliphatic carbocycles. The highest BCUT2D eigenvalue weighted by Gasteiger charge is 2.18. The first kappa shape index (κ1) is 61.8. The number of esters is 1. The van der Waals surface area contributed by atoms with E-state index in [9.17, 15) is 19.8 Å². The van der Waals surface area contributed by atoms with Crippen molar-refractivity contribution >= 4 is 11.9 Å². The van der Waals surface area contributed by atoms with Gasteiger partial charge in [0.2, 0.25) is 5.91 Å². The van der Waals surface area contributed by atoms with Crippen molar-refractivity contribution in [1.82, 2.24) is 5.32 Å². The molecule has 2 unspecified atom stereocenters. The van der Waals surface area contributed by atoms with Gasteiger partial charge >= 0.3 is 5.97 Å². The molecule has 0 radical (unpaired) electrons. The molecule has 0 aromatic heterocycles. The Morgan fingerprint density at radius 2 is 0.812 bits per heavy atom. The van der Waals surface area contributed by atoms with E-state index in [4.69, 9.17) is 4.74 Å². The van der Waals surface area contributed by atoms with Crippen LogP contribution in [-0.2, 0) is 14.3 Å². The van der Waals surface area contributed by atoms with E-state index in [1.165, 1.54) is 205 Å². The van der Waals surface area contributed by atoms with Gasteiger partial charge in [-0.1, -0.05) is 236 Å². The molecule has 64 heavy (non-hydrogen) atoms. The van der Waals surface area contributed by atoms with Crippen molar-refractivity contribution in [3.05, 3.63) is 48.6 Å². The van der Waals surface area contributed by atoms with E-state index in [2.05, 4.69) is 55.6 Å². The Balaban J connectivity index is 3.41. The monoisotopic (exact) mass is 898 g/mol. The quantitative estimate of drug-likeness (QED) is 0.0321. The Kier molecular flexibility index (Phi) is 51.6. The van der Waals surface area contributed by atoms with E-state index < -0.39 is 12.1 Å². The van der Waals surface area contributed by atoms with Gasteiger partial charge in [-0.25, -0.2) is 0 Å². The van der Waals surface area contributed by atoms with Crippen molar-refractivity contribution in [2.45, 2.75) is 296 Å². The summed E-state index contributed by atoms with van der Waals surface area (Å²) in [7, 11) is 0. The summed E-state index contributed by atoms with van der Waals surface area (Å²) in [4.78, 5) is 24.4. The number of carbonyl (C=O) groups is 2. The number of aliphatic hydroxyl groups excluding tert-OH is 2. The lowest BCUT2D eigenvalue weighted by atomic mass is 10.0. The first-order valence-electron chi connectivity index (χ1n) is 27.9. The predicted molar refractivity (Wildman–Crippen MR) is 278 cm³/mol. The minimum absolute atomic E-state index is 0.00421. The predicted octanol–water partition coefficient (Wildman–Crippen LogP) is 17.0. The van der Waals surface area contributed by atoms with E-state index in [1.54, 1.807) is 6.08 Å². The molecule has 0 heterocycles. The summed E-state index contributed by atoms with van der Waals surface area (Å²) < 4.78 is 5.46. The molecular formula is C58H107NO5. The van der Waals surface area contributed by atoms with E-state index >= 15 is 0 Å². The molecule has 6 heteroatoms. The third-order valence-electron chi connectivity index (χ3n) is 12.5. The van der Waals surface area contributed by atoms with Crippen molar-refractivity contribution < 1.29 is 24.5 Å². The molecule has 2 atom stereocenters. The summed E-state index contributed by atoms with van der Waals surface area (Å²) in [5.74, 6) is -0.0796. The number of aliphatic hydroxyl groups is 2. The minimum Gasteiger partial charge on any atom is -0.466 e. The van der Waals surface area contributed by atoms with Crippen LogP contribution in [0, 0.1) is 0 Å². The SMILES string of the molecule is CCC/C=C\C/C=C\CCCCCCCC(=O)OCCCCCCCCCCCCCC/C=C\CCCCCCCCCCC(=O)NC(CO)C(O)/C=C/CCCCCCCCCC. The number of carbonyl (C=O) groups excluding carboxylic acids is 2. The number of ether oxygens (including phenoxy) is 1. The van der Waals surface area contributed by atoms with E-state index in [0.29, 0.717) is 19.4 Å². The lowest BCUT2D eigenvalue weighted by Crippen LogP contribution is -2.45. The smallest absolute Gasteiger partial charge is 0.305 e. The summed E-state index contributed by atoms with van der Waals surface area (Å²) in [6.45, 7) is 4.81. The van der Waals surface area contributed by atoms with E-state index in [0.717, 1.165) is 51.4 Å². The molecule has 0 rings (SSSR count). The molecule has 3 N–H and O–H groups in total.